The molecular formula is C20H23BrN4O. The van der Waals surface area contributed by atoms with E-state index >= 15 is 0 Å². The van der Waals surface area contributed by atoms with Crippen molar-refractivity contribution in [2.24, 2.45) is 0 Å². The van der Waals surface area contributed by atoms with Gasteiger partial charge in [-0.3, -0.25) is 4.90 Å². The number of halogens is 1. The summed E-state index contributed by atoms with van der Waals surface area (Å²) in [5.74, 6) is 0.855. The second-order valence-electron chi connectivity index (χ2n) is 6.56. The lowest BCUT2D eigenvalue weighted by molar-refractivity contribution is 0.280. The van der Waals surface area contributed by atoms with Crippen molar-refractivity contribution >= 4 is 21.6 Å². The van der Waals surface area contributed by atoms with Gasteiger partial charge >= 0.3 is 0 Å². The molecule has 0 amide bonds. The highest BCUT2D eigenvalue weighted by atomic mass is 79.9. The van der Waals surface area contributed by atoms with E-state index in [1.54, 1.807) is 7.11 Å². The molecule has 5 nitrogen and oxygen atoms in total. The lowest BCUT2D eigenvalue weighted by Crippen LogP contribution is -2.28. The molecule has 3 aromatic rings. The Morgan fingerprint density at radius 2 is 2.04 bits per heavy atom. The topological polar surface area (TPSA) is 41.8 Å². The first-order valence-corrected chi connectivity index (χ1v) is 9.78. The molecule has 1 aliphatic rings. The van der Waals surface area contributed by atoms with Crippen LogP contribution in [-0.4, -0.2) is 47.6 Å². The van der Waals surface area contributed by atoms with E-state index in [4.69, 9.17) is 9.72 Å². The summed E-state index contributed by atoms with van der Waals surface area (Å²) in [5.41, 5.74) is 4.19. The largest absolute Gasteiger partial charge is 0.496 e. The van der Waals surface area contributed by atoms with Crippen molar-refractivity contribution in [3.8, 4) is 17.0 Å². The minimum atomic E-state index is 0.855. The minimum absolute atomic E-state index is 0.855. The molecule has 3 heterocycles. The lowest BCUT2D eigenvalue weighted by Gasteiger charge is -2.20. The van der Waals surface area contributed by atoms with Gasteiger partial charge in [0.1, 0.15) is 11.4 Å². The molecule has 0 atom stereocenters. The highest BCUT2D eigenvalue weighted by molar-refractivity contribution is 9.10. The number of benzene rings is 1. The molecule has 4 rings (SSSR count). The van der Waals surface area contributed by atoms with E-state index in [9.17, 15) is 0 Å². The predicted molar refractivity (Wildman–Crippen MR) is 108 cm³/mol. The molecule has 26 heavy (non-hydrogen) atoms. The molecule has 1 saturated heterocycles. The molecule has 0 aliphatic carbocycles. The number of hydrogen-bond acceptors (Lipinski definition) is 4. The number of fused-ring (bicyclic) bond motifs is 1. The van der Waals surface area contributed by atoms with E-state index in [2.05, 4.69) is 48.9 Å². The average molecular weight is 415 g/mol. The van der Waals surface area contributed by atoms with Crippen LogP contribution in [0.3, 0.4) is 0 Å². The van der Waals surface area contributed by atoms with Crippen molar-refractivity contribution in [3.05, 3.63) is 52.8 Å². The van der Waals surface area contributed by atoms with Crippen LogP contribution in [0.4, 0.5) is 0 Å². The van der Waals surface area contributed by atoms with E-state index in [-0.39, 0.29) is 0 Å². The molecule has 1 aromatic carbocycles. The maximum Gasteiger partial charge on any atom is 0.137 e. The Hall–Kier alpha value is -1.89. The van der Waals surface area contributed by atoms with Crippen LogP contribution >= 0.6 is 15.9 Å². The smallest absolute Gasteiger partial charge is 0.137 e. The molecular weight excluding hydrogens is 392 g/mol. The Bertz CT molecular complexity index is 900. The summed E-state index contributed by atoms with van der Waals surface area (Å²) in [6.45, 7) is 5.14. The van der Waals surface area contributed by atoms with Crippen LogP contribution < -0.4 is 10.1 Å². The van der Waals surface area contributed by atoms with Crippen LogP contribution in [0.15, 0.2) is 47.1 Å². The summed E-state index contributed by atoms with van der Waals surface area (Å²) in [5, 5.41) is 3.48. The van der Waals surface area contributed by atoms with Gasteiger partial charge in [-0.15, -0.1) is 0 Å². The third-order valence-electron chi connectivity index (χ3n) is 4.85. The molecule has 0 spiro atoms. The second-order valence-corrected chi connectivity index (χ2v) is 7.48. The first-order valence-electron chi connectivity index (χ1n) is 8.99. The van der Waals surface area contributed by atoms with Gasteiger partial charge < -0.3 is 14.5 Å². The van der Waals surface area contributed by atoms with Gasteiger partial charge in [0.2, 0.25) is 0 Å². The van der Waals surface area contributed by atoms with Crippen LogP contribution in [0.2, 0.25) is 0 Å². The SMILES string of the molecule is COc1ccccc1-c1nc2ccc(Br)cn2c1CN1CCCNCC1. The Morgan fingerprint density at radius 3 is 2.92 bits per heavy atom. The van der Waals surface area contributed by atoms with Gasteiger partial charge in [0.15, 0.2) is 0 Å². The van der Waals surface area contributed by atoms with Crippen LogP contribution in [0.25, 0.3) is 16.9 Å². The number of nitrogens with one attached hydrogen (secondary N) is 1. The van der Waals surface area contributed by atoms with Crippen LogP contribution in [0.1, 0.15) is 12.1 Å². The Balaban J connectivity index is 1.83. The predicted octanol–water partition coefficient (Wildman–Crippen LogP) is 3.57. The van der Waals surface area contributed by atoms with Crippen LogP contribution in [0, 0.1) is 0 Å². The van der Waals surface area contributed by atoms with Crippen molar-refractivity contribution in [2.75, 3.05) is 33.3 Å². The summed E-state index contributed by atoms with van der Waals surface area (Å²) in [6, 6.07) is 12.2. The molecule has 6 heteroatoms. The fourth-order valence-electron chi connectivity index (χ4n) is 3.55. The number of methoxy groups -OCH3 is 1. The summed E-state index contributed by atoms with van der Waals surface area (Å²) in [7, 11) is 1.71. The van der Waals surface area contributed by atoms with Gasteiger partial charge in [0, 0.05) is 35.9 Å². The first-order chi connectivity index (χ1) is 12.8. The van der Waals surface area contributed by atoms with Crippen molar-refractivity contribution in [1.29, 1.82) is 0 Å². The van der Waals surface area contributed by atoms with E-state index in [0.29, 0.717) is 0 Å². The molecule has 1 aliphatic heterocycles. The second kappa shape index (κ2) is 7.78. The van der Waals surface area contributed by atoms with Gasteiger partial charge in [0.25, 0.3) is 0 Å². The normalized spacial score (nSPS) is 15.9. The zero-order valence-corrected chi connectivity index (χ0v) is 16.5. The van der Waals surface area contributed by atoms with E-state index in [0.717, 1.165) is 59.9 Å². The third kappa shape index (κ3) is 3.49. The fraction of sp³-hybridized carbons (Fsp3) is 0.350. The molecule has 0 bridgehead atoms. The number of ether oxygens (including phenoxy) is 1. The molecule has 0 unspecified atom stereocenters. The average Bonchev–Trinajstić information content (AvgIpc) is 2.83. The van der Waals surface area contributed by atoms with Crippen molar-refractivity contribution in [3.63, 3.8) is 0 Å². The lowest BCUT2D eigenvalue weighted by atomic mass is 10.1. The van der Waals surface area contributed by atoms with E-state index in [1.807, 2.05) is 24.3 Å². The highest BCUT2D eigenvalue weighted by Gasteiger charge is 2.20. The van der Waals surface area contributed by atoms with E-state index < -0.39 is 0 Å². The van der Waals surface area contributed by atoms with Gasteiger partial charge in [-0.1, -0.05) is 12.1 Å². The molecule has 136 valence electrons. The van der Waals surface area contributed by atoms with Crippen molar-refractivity contribution < 1.29 is 4.74 Å². The Kier molecular flexibility index (Phi) is 5.24. The van der Waals surface area contributed by atoms with Crippen molar-refractivity contribution in [2.45, 2.75) is 13.0 Å². The number of nitrogens with zero attached hydrogens (tertiary/aromatic N) is 3. The summed E-state index contributed by atoms with van der Waals surface area (Å²) in [4.78, 5) is 7.44. The van der Waals surface area contributed by atoms with Crippen molar-refractivity contribution in [1.82, 2.24) is 19.6 Å². The standard InChI is InChI=1S/C20H23BrN4O/c1-26-18-6-3-2-5-16(18)20-17(14-24-11-4-9-22-10-12-24)25-13-15(21)7-8-19(25)23-20/h2-3,5-8,13,22H,4,9-12,14H2,1H3. The number of pyridine rings is 1. The summed E-state index contributed by atoms with van der Waals surface area (Å²) >= 11 is 3.60. The van der Waals surface area contributed by atoms with E-state index in [1.165, 1.54) is 12.1 Å². The van der Waals surface area contributed by atoms with Gasteiger partial charge in [-0.05, 0) is 59.7 Å². The monoisotopic (exact) mass is 414 g/mol. The zero-order valence-electron chi connectivity index (χ0n) is 14.9. The summed E-state index contributed by atoms with van der Waals surface area (Å²) in [6.07, 6.45) is 3.27. The van der Waals surface area contributed by atoms with Gasteiger partial charge in [0.05, 0.1) is 18.5 Å². The third-order valence-corrected chi connectivity index (χ3v) is 5.32. The molecule has 1 fully saturated rings. The number of imidazole rings is 1. The van der Waals surface area contributed by atoms with Gasteiger partial charge in [-0.25, -0.2) is 4.98 Å². The maximum atomic E-state index is 5.60. The number of aromatic nitrogens is 2. The zero-order chi connectivity index (χ0) is 17.9. The fourth-order valence-corrected chi connectivity index (χ4v) is 3.88. The van der Waals surface area contributed by atoms with Gasteiger partial charge in [-0.2, -0.15) is 0 Å². The molecule has 1 N–H and O–H groups in total. The molecule has 2 aromatic heterocycles. The quantitative estimate of drug-likeness (QED) is 0.708. The Labute approximate surface area is 162 Å². The van der Waals surface area contributed by atoms with Crippen LogP contribution in [0.5, 0.6) is 5.75 Å². The molecule has 0 radical (unpaired) electrons. The summed E-state index contributed by atoms with van der Waals surface area (Å²) < 4.78 is 8.85. The maximum absolute atomic E-state index is 5.60. The highest BCUT2D eigenvalue weighted by Crippen LogP contribution is 2.33. The molecule has 0 saturated carbocycles. The van der Waals surface area contributed by atoms with Crippen LogP contribution in [-0.2, 0) is 6.54 Å². The Morgan fingerprint density at radius 1 is 1.15 bits per heavy atom. The number of para-hydroxylation sites is 1. The number of rotatable bonds is 4. The number of hydrogen-bond donors (Lipinski definition) is 1. The first kappa shape index (κ1) is 17.5. The minimum Gasteiger partial charge on any atom is -0.496 e.